The number of hydrogen-bond acceptors (Lipinski definition) is 1. The molecule has 1 saturated carbocycles. The van der Waals surface area contributed by atoms with E-state index in [-0.39, 0.29) is 12.1 Å². The lowest BCUT2D eigenvalue weighted by atomic mass is 10.0. The lowest BCUT2D eigenvalue weighted by Gasteiger charge is -2.11. The molecule has 0 spiro atoms. The average Bonchev–Trinajstić information content (AvgIpc) is 2.65. The first kappa shape index (κ1) is 12.1. The van der Waals surface area contributed by atoms with Crippen LogP contribution in [0.15, 0.2) is 11.8 Å². The average molecular weight is 210 g/mol. The zero-order valence-corrected chi connectivity index (χ0v) is 9.97. The van der Waals surface area contributed by atoms with E-state index in [0.29, 0.717) is 5.92 Å². The molecule has 0 aromatic heterocycles. The van der Waals surface area contributed by atoms with Crippen LogP contribution in [-0.4, -0.2) is 12.1 Å². The van der Waals surface area contributed by atoms with Crippen molar-refractivity contribution in [3.8, 4) is 0 Å². The maximum absolute atomic E-state index is 11.3. The van der Waals surface area contributed by atoms with Crippen LogP contribution in [0.25, 0.3) is 0 Å². The molecule has 2 amide bonds. The Morgan fingerprint density at radius 1 is 1.33 bits per heavy atom. The summed E-state index contributed by atoms with van der Waals surface area (Å²) in [5.41, 5.74) is 1.30. The Kier molecular flexibility index (Phi) is 4.66. The van der Waals surface area contributed by atoms with E-state index in [1.807, 2.05) is 20.0 Å². The predicted octanol–water partition coefficient (Wildman–Crippen LogP) is 2.79. The van der Waals surface area contributed by atoms with Crippen LogP contribution in [0.3, 0.4) is 0 Å². The van der Waals surface area contributed by atoms with Crippen molar-refractivity contribution in [1.82, 2.24) is 10.6 Å². The van der Waals surface area contributed by atoms with E-state index < -0.39 is 0 Å². The van der Waals surface area contributed by atoms with Gasteiger partial charge in [0.15, 0.2) is 0 Å². The smallest absolute Gasteiger partial charge is 0.318 e. The highest BCUT2D eigenvalue weighted by atomic mass is 16.2. The second kappa shape index (κ2) is 5.79. The summed E-state index contributed by atoms with van der Waals surface area (Å²) >= 11 is 0. The number of carbonyl (C=O) groups is 1. The fraction of sp³-hybridized carbons (Fsp3) is 0.750. The standard InChI is InChI=1S/C12H22N2O/c1-9(2)14-12(15)13-8-10(3)11-6-4-5-7-11/h8-9,11H,4-7H2,1-3H3,(H2,13,14,15)/b10-8+. The molecule has 1 rings (SSSR count). The van der Waals surface area contributed by atoms with Gasteiger partial charge in [-0.2, -0.15) is 0 Å². The second-order valence-corrected chi connectivity index (χ2v) is 4.64. The van der Waals surface area contributed by atoms with E-state index in [4.69, 9.17) is 0 Å². The van der Waals surface area contributed by atoms with Crippen LogP contribution >= 0.6 is 0 Å². The Balaban J connectivity index is 2.32. The third kappa shape index (κ3) is 4.36. The third-order valence-corrected chi connectivity index (χ3v) is 2.85. The van der Waals surface area contributed by atoms with Crippen LogP contribution in [0.1, 0.15) is 46.5 Å². The van der Waals surface area contributed by atoms with Crippen molar-refractivity contribution in [3.05, 3.63) is 11.8 Å². The minimum absolute atomic E-state index is 0.109. The molecule has 3 nitrogen and oxygen atoms in total. The van der Waals surface area contributed by atoms with Crippen molar-refractivity contribution in [2.45, 2.75) is 52.5 Å². The van der Waals surface area contributed by atoms with Gasteiger partial charge < -0.3 is 10.6 Å². The molecule has 0 aliphatic heterocycles. The highest BCUT2D eigenvalue weighted by Crippen LogP contribution is 2.30. The van der Waals surface area contributed by atoms with Crippen LogP contribution in [-0.2, 0) is 0 Å². The number of allylic oxidation sites excluding steroid dienone is 1. The quantitative estimate of drug-likeness (QED) is 0.739. The molecule has 0 radical (unpaired) electrons. The normalized spacial score (nSPS) is 18.3. The Hall–Kier alpha value is -0.990. The molecule has 15 heavy (non-hydrogen) atoms. The molecule has 0 bridgehead atoms. The molecule has 0 saturated heterocycles. The topological polar surface area (TPSA) is 41.1 Å². The Morgan fingerprint density at radius 2 is 1.93 bits per heavy atom. The number of urea groups is 1. The zero-order chi connectivity index (χ0) is 11.3. The van der Waals surface area contributed by atoms with E-state index in [9.17, 15) is 4.79 Å². The SMILES string of the molecule is C/C(=C\NC(=O)NC(C)C)C1CCCC1. The first-order valence-corrected chi connectivity index (χ1v) is 5.83. The Labute approximate surface area is 92.3 Å². The number of carbonyl (C=O) groups excluding carboxylic acids is 1. The third-order valence-electron chi connectivity index (χ3n) is 2.85. The molecule has 0 heterocycles. The van der Waals surface area contributed by atoms with Crippen LogP contribution in [0.5, 0.6) is 0 Å². The van der Waals surface area contributed by atoms with Crippen LogP contribution in [0.4, 0.5) is 4.79 Å². The van der Waals surface area contributed by atoms with Crippen LogP contribution in [0, 0.1) is 5.92 Å². The summed E-state index contributed by atoms with van der Waals surface area (Å²) < 4.78 is 0. The second-order valence-electron chi connectivity index (χ2n) is 4.64. The molecule has 0 aromatic rings. The van der Waals surface area contributed by atoms with Crippen LogP contribution < -0.4 is 10.6 Å². The monoisotopic (exact) mass is 210 g/mol. The van der Waals surface area contributed by atoms with Gasteiger partial charge in [-0.1, -0.05) is 18.4 Å². The minimum Gasteiger partial charge on any atom is -0.336 e. The van der Waals surface area contributed by atoms with Gasteiger partial charge in [0.05, 0.1) is 0 Å². The molecule has 1 aliphatic rings. The molecule has 0 aromatic carbocycles. The van der Waals surface area contributed by atoms with Gasteiger partial charge in [0, 0.05) is 12.2 Å². The van der Waals surface area contributed by atoms with Crippen molar-refractivity contribution in [2.75, 3.05) is 0 Å². The predicted molar refractivity (Wildman–Crippen MR) is 62.5 cm³/mol. The summed E-state index contributed by atoms with van der Waals surface area (Å²) in [5, 5.41) is 5.57. The largest absolute Gasteiger partial charge is 0.336 e. The number of hydrogen-bond donors (Lipinski definition) is 2. The molecule has 0 atom stereocenters. The molecule has 0 unspecified atom stereocenters. The number of rotatable bonds is 3. The first-order chi connectivity index (χ1) is 7.09. The van der Waals surface area contributed by atoms with Crippen molar-refractivity contribution in [3.63, 3.8) is 0 Å². The molecular weight excluding hydrogens is 188 g/mol. The lowest BCUT2D eigenvalue weighted by molar-refractivity contribution is 0.241. The maximum Gasteiger partial charge on any atom is 0.318 e. The van der Waals surface area contributed by atoms with Gasteiger partial charge in [-0.25, -0.2) is 4.79 Å². The summed E-state index contributed by atoms with van der Waals surface area (Å²) in [6.45, 7) is 6.01. The van der Waals surface area contributed by atoms with Gasteiger partial charge in [0.2, 0.25) is 0 Å². The van der Waals surface area contributed by atoms with E-state index in [2.05, 4.69) is 17.6 Å². The van der Waals surface area contributed by atoms with E-state index in [1.165, 1.54) is 31.3 Å². The summed E-state index contributed by atoms with van der Waals surface area (Å²) in [5.74, 6) is 0.685. The van der Waals surface area contributed by atoms with Crippen molar-refractivity contribution >= 4 is 6.03 Å². The van der Waals surface area contributed by atoms with Gasteiger partial charge in [0.25, 0.3) is 0 Å². The first-order valence-electron chi connectivity index (χ1n) is 5.83. The lowest BCUT2D eigenvalue weighted by Crippen LogP contribution is -2.37. The summed E-state index contributed by atoms with van der Waals surface area (Å²) in [7, 11) is 0. The van der Waals surface area contributed by atoms with E-state index >= 15 is 0 Å². The van der Waals surface area contributed by atoms with Crippen LogP contribution in [0.2, 0.25) is 0 Å². The fourth-order valence-corrected chi connectivity index (χ4v) is 1.98. The van der Waals surface area contributed by atoms with Gasteiger partial charge in [0.1, 0.15) is 0 Å². The molecule has 3 heteroatoms. The Morgan fingerprint density at radius 3 is 2.47 bits per heavy atom. The molecule has 1 fully saturated rings. The molecule has 86 valence electrons. The van der Waals surface area contributed by atoms with E-state index in [0.717, 1.165) is 0 Å². The van der Waals surface area contributed by atoms with Gasteiger partial charge in [-0.3, -0.25) is 0 Å². The van der Waals surface area contributed by atoms with Crippen molar-refractivity contribution in [1.29, 1.82) is 0 Å². The highest BCUT2D eigenvalue weighted by Gasteiger charge is 2.16. The zero-order valence-electron chi connectivity index (χ0n) is 9.97. The van der Waals surface area contributed by atoms with Gasteiger partial charge in [-0.15, -0.1) is 0 Å². The summed E-state index contributed by atoms with van der Waals surface area (Å²) in [6, 6.07) is 0.0764. The minimum atomic E-state index is -0.109. The summed E-state index contributed by atoms with van der Waals surface area (Å²) in [4.78, 5) is 11.3. The van der Waals surface area contributed by atoms with Crippen molar-refractivity contribution in [2.24, 2.45) is 5.92 Å². The van der Waals surface area contributed by atoms with E-state index in [1.54, 1.807) is 0 Å². The summed E-state index contributed by atoms with van der Waals surface area (Å²) in [6.07, 6.45) is 7.06. The fourth-order valence-electron chi connectivity index (χ4n) is 1.98. The number of nitrogens with one attached hydrogen (secondary N) is 2. The molecule has 1 aliphatic carbocycles. The molecular formula is C12H22N2O. The Bertz CT molecular complexity index is 240. The molecule has 2 N–H and O–H groups in total. The van der Waals surface area contributed by atoms with Gasteiger partial charge >= 0.3 is 6.03 Å². The highest BCUT2D eigenvalue weighted by molar-refractivity contribution is 5.75. The van der Waals surface area contributed by atoms with Crippen molar-refractivity contribution < 1.29 is 4.79 Å². The van der Waals surface area contributed by atoms with Gasteiger partial charge in [-0.05, 0) is 39.5 Å². The maximum atomic E-state index is 11.3. The number of amides is 2.